The molecule has 0 spiro atoms. The molecule has 0 bridgehead atoms. The third kappa shape index (κ3) is 4.41. The van der Waals surface area contributed by atoms with E-state index in [1.165, 1.54) is 11.5 Å². The molecule has 0 radical (unpaired) electrons. The Balaban J connectivity index is 0.000000216. The first-order valence-corrected chi connectivity index (χ1v) is 10.1. The summed E-state index contributed by atoms with van der Waals surface area (Å²) in [6.45, 7) is 1.86. The van der Waals surface area contributed by atoms with Crippen LogP contribution in [0.3, 0.4) is 0 Å². The number of carbonyl (C=O) groups excluding carboxylic acids is 1. The molecule has 1 aliphatic rings. The molecule has 0 amide bonds. The van der Waals surface area contributed by atoms with Gasteiger partial charge in [-0.3, -0.25) is 14.9 Å². The lowest BCUT2D eigenvalue weighted by Gasteiger charge is -2.23. The number of nitrogens with zero attached hydrogens (tertiary/aromatic N) is 4. The minimum atomic E-state index is -0.522. The number of aromatic nitrogens is 4. The predicted octanol–water partition coefficient (Wildman–Crippen LogP) is 4.17. The van der Waals surface area contributed by atoms with E-state index < -0.39 is 6.17 Å². The van der Waals surface area contributed by atoms with Crippen LogP contribution < -0.4 is 5.32 Å². The van der Waals surface area contributed by atoms with Gasteiger partial charge in [0, 0.05) is 30.4 Å². The highest BCUT2D eigenvalue weighted by Crippen LogP contribution is 2.28. The summed E-state index contributed by atoms with van der Waals surface area (Å²) in [7, 11) is 2.03. The normalized spacial score (nSPS) is 15.2. The van der Waals surface area contributed by atoms with E-state index in [0.29, 0.717) is 11.5 Å². The molecule has 1 aliphatic heterocycles. The number of hydrogen-bond donors (Lipinski definition) is 2. The van der Waals surface area contributed by atoms with Crippen LogP contribution in [-0.2, 0) is 0 Å². The molecule has 5 rings (SSSR count). The van der Waals surface area contributed by atoms with Crippen molar-refractivity contribution in [3.05, 3.63) is 42.2 Å². The summed E-state index contributed by atoms with van der Waals surface area (Å²) >= 11 is 1.30. The van der Waals surface area contributed by atoms with Crippen LogP contribution in [0.15, 0.2) is 36.5 Å². The molecule has 2 N–H and O–H groups in total. The molecule has 1 aromatic carbocycles. The lowest BCUT2D eigenvalue weighted by Crippen LogP contribution is -2.30. The molecule has 4 aromatic rings. The molecule has 0 aliphatic carbocycles. The second-order valence-electron chi connectivity index (χ2n) is 6.97. The zero-order valence-corrected chi connectivity index (χ0v) is 16.7. The van der Waals surface area contributed by atoms with Crippen molar-refractivity contribution in [2.45, 2.75) is 19.0 Å². The third-order valence-electron chi connectivity index (χ3n) is 4.84. The van der Waals surface area contributed by atoms with Crippen molar-refractivity contribution in [2.75, 3.05) is 25.5 Å². The van der Waals surface area contributed by atoms with Crippen LogP contribution in [0.5, 0.6) is 0 Å². The van der Waals surface area contributed by atoms with Crippen LogP contribution in [0.25, 0.3) is 21.1 Å². The summed E-state index contributed by atoms with van der Waals surface area (Å²) in [5, 5.41) is 11.3. The largest absolute Gasteiger partial charge is 0.337 e. The number of H-pyrrole nitrogens is 1. The molecule has 1 saturated heterocycles. The number of hydrogen-bond acceptors (Lipinski definition) is 7. The fourth-order valence-electron chi connectivity index (χ4n) is 3.17. The van der Waals surface area contributed by atoms with Crippen LogP contribution in [0.4, 0.5) is 15.9 Å². The fraction of sp³-hybridized carbons (Fsp3) is 0.300. The minimum Gasteiger partial charge on any atom is -0.337 e. The SMILES string of the molecule is CN1CCC(F)CC1.O=Cc1nsc2cc(Nc3n[nH]c4cccnc34)ccc12. The van der Waals surface area contributed by atoms with E-state index >= 15 is 0 Å². The molecular formula is C20H21FN6OS. The van der Waals surface area contributed by atoms with Gasteiger partial charge in [-0.2, -0.15) is 9.47 Å². The quantitative estimate of drug-likeness (QED) is 0.491. The fourth-order valence-corrected chi connectivity index (χ4v) is 3.96. The average Bonchev–Trinajstić information content (AvgIpc) is 3.34. The molecule has 150 valence electrons. The predicted molar refractivity (Wildman–Crippen MR) is 114 cm³/mol. The van der Waals surface area contributed by atoms with Gasteiger partial charge in [-0.05, 0) is 61.8 Å². The second kappa shape index (κ2) is 8.62. The van der Waals surface area contributed by atoms with Gasteiger partial charge in [-0.1, -0.05) is 0 Å². The van der Waals surface area contributed by atoms with Crippen molar-refractivity contribution in [3.8, 4) is 0 Å². The number of likely N-dealkylation sites (tertiary alicyclic amines) is 1. The zero-order valence-electron chi connectivity index (χ0n) is 15.9. The molecule has 29 heavy (non-hydrogen) atoms. The van der Waals surface area contributed by atoms with Crippen molar-refractivity contribution >= 4 is 50.4 Å². The molecular weight excluding hydrogens is 391 g/mol. The topological polar surface area (TPSA) is 86.8 Å². The van der Waals surface area contributed by atoms with Crippen molar-refractivity contribution < 1.29 is 9.18 Å². The maximum absolute atomic E-state index is 12.3. The Hall–Kier alpha value is -2.91. The number of anilines is 2. The molecule has 9 heteroatoms. The van der Waals surface area contributed by atoms with Crippen molar-refractivity contribution in [2.24, 2.45) is 0 Å². The van der Waals surface area contributed by atoms with Gasteiger partial charge in [0.05, 0.1) is 10.2 Å². The van der Waals surface area contributed by atoms with E-state index in [1.54, 1.807) is 6.20 Å². The summed E-state index contributed by atoms with van der Waals surface area (Å²) in [4.78, 5) is 17.3. The van der Waals surface area contributed by atoms with Crippen LogP contribution in [0, 0.1) is 0 Å². The lowest BCUT2D eigenvalue weighted by molar-refractivity contribution is 0.112. The minimum absolute atomic E-state index is 0.480. The monoisotopic (exact) mass is 412 g/mol. The summed E-state index contributed by atoms with van der Waals surface area (Å²) in [6.07, 6.45) is 3.45. The van der Waals surface area contributed by atoms with E-state index in [9.17, 15) is 9.18 Å². The number of benzene rings is 1. The standard InChI is InChI=1S/C14H9N5OS.C6H12FN/c20-7-11-9-4-3-8(6-12(9)21-19-11)16-14-13-10(17-18-14)2-1-5-15-13;1-8-4-2-6(7)3-5-8/h1-7H,(H2,16,17,18);6H,2-5H2,1H3. The highest BCUT2D eigenvalue weighted by Gasteiger charge is 2.14. The summed E-state index contributed by atoms with van der Waals surface area (Å²) in [5.74, 6) is 0.671. The first-order chi connectivity index (χ1) is 14.1. The van der Waals surface area contributed by atoms with Gasteiger partial charge in [-0.15, -0.1) is 0 Å². The van der Waals surface area contributed by atoms with Gasteiger partial charge in [0.15, 0.2) is 12.1 Å². The summed E-state index contributed by atoms with van der Waals surface area (Å²) in [5.41, 5.74) is 3.02. The van der Waals surface area contributed by atoms with Crippen LogP contribution in [0.2, 0.25) is 0 Å². The van der Waals surface area contributed by atoms with Gasteiger partial charge in [-0.25, -0.2) is 4.39 Å². The number of rotatable bonds is 3. The number of fused-ring (bicyclic) bond motifs is 2. The van der Waals surface area contributed by atoms with E-state index in [2.05, 4.69) is 29.8 Å². The van der Waals surface area contributed by atoms with Gasteiger partial charge in [0.25, 0.3) is 0 Å². The number of alkyl halides is 1. The Kier molecular flexibility index (Phi) is 5.77. The maximum atomic E-state index is 12.3. The van der Waals surface area contributed by atoms with Crippen LogP contribution in [-0.4, -0.2) is 57.0 Å². The van der Waals surface area contributed by atoms with Gasteiger partial charge in [0.2, 0.25) is 0 Å². The van der Waals surface area contributed by atoms with Crippen molar-refractivity contribution in [1.82, 2.24) is 24.5 Å². The number of halogens is 1. The Morgan fingerprint density at radius 3 is 2.90 bits per heavy atom. The van der Waals surface area contributed by atoms with Crippen LogP contribution in [0.1, 0.15) is 23.3 Å². The molecule has 0 unspecified atom stereocenters. The zero-order chi connectivity index (χ0) is 20.2. The molecule has 3 aromatic heterocycles. The molecule has 0 atom stereocenters. The Bertz CT molecular complexity index is 1110. The summed E-state index contributed by atoms with van der Waals surface area (Å²) < 4.78 is 17.4. The Morgan fingerprint density at radius 1 is 1.31 bits per heavy atom. The number of aromatic amines is 1. The molecule has 0 saturated carbocycles. The number of carbonyl (C=O) groups is 1. The second-order valence-corrected chi connectivity index (χ2v) is 7.78. The highest BCUT2D eigenvalue weighted by atomic mass is 32.1. The Morgan fingerprint density at radius 2 is 2.14 bits per heavy atom. The average molecular weight is 412 g/mol. The lowest BCUT2D eigenvalue weighted by atomic mass is 10.1. The Labute approximate surface area is 171 Å². The number of nitrogens with one attached hydrogen (secondary N) is 2. The van der Waals surface area contributed by atoms with Crippen LogP contribution >= 0.6 is 11.5 Å². The van der Waals surface area contributed by atoms with Crippen molar-refractivity contribution in [3.63, 3.8) is 0 Å². The number of piperidine rings is 1. The molecule has 1 fully saturated rings. The van der Waals surface area contributed by atoms with E-state index in [-0.39, 0.29) is 0 Å². The summed E-state index contributed by atoms with van der Waals surface area (Å²) in [6, 6.07) is 9.50. The van der Waals surface area contributed by atoms with Gasteiger partial charge < -0.3 is 10.2 Å². The van der Waals surface area contributed by atoms with E-state index in [4.69, 9.17) is 0 Å². The van der Waals surface area contributed by atoms with E-state index in [0.717, 1.165) is 59.0 Å². The smallest absolute Gasteiger partial charge is 0.178 e. The highest BCUT2D eigenvalue weighted by molar-refractivity contribution is 7.13. The number of pyridine rings is 1. The van der Waals surface area contributed by atoms with Gasteiger partial charge in [0.1, 0.15) is 17.4 Å². The third-order valence-corrected chi connectivity index (χ3v) is 5.67. The first-order valence-electron chi connectivity index (χ1n) is 9.37. The first kappa shape index (κ1) is 19.4. The molecule has 7 nitrogen and oxygen atoms in total. The molecule has 4 heterocycles. The van der Waals surface area contributed by atoms with Crippen molar-refractivity contribution in [1.29, 1.82) is 0 Å². The maximum Gasteiger partial charge on any atom is 0.178 e. The number of aldehydes is 1. The van der Waals surface area contributed by atoms with Gasteiger partial charge >= 0.3 is 0 Å². The van der Waals surface area contributed by atoms with E-state index in [1.807, 2.05) is 37.4 Å².